The van der Waals surface area contributed by atoms with Crippen molar-refractivity contribution in [2.24, 2.45) is 5.92 Å². The lowest BCUT2D eigenvalue weighted by atomic mass is 9.96. The molecule has 0 radical (unpaired) electrons. The molecule has 0 bridgehead atoms. The van der Waals surface area contributed by atoms with Crippen molar-refractivity contribution in [1.82, 2.24) is 15.0 Å². The molecule has 1 aliphatic rings. The van der Waals surface area contributed by atoms with E-state index < -0.39 is 23.8 Å². The summed E-state index contributed by atoms with van der Waals surface area (Å²) in [4.78, 5) is 14.9. The van der Waals surface area contributed by atoms with Crippen molar-refractivity contribution in [2.75, 3.05) is 24.6 Å². The maximum absolute atomic E-state index is 14.4. The quantitative estimate of drug-likeness (QED) is 0.620. The smallest absolute Gasteiger partial charge is 0.396 e. The van der Waals surface area contributed by atoms with Crippen molar-refractivity contribution >= 4 is 5.82 Å². The van der Waals surface area contributed by atoms with E-state index in [-0.39, 0.29) is 13.2 Å². The Morgan fingerprint density at radius 1 is 1.06 bits per heavy atom. The van der Waals surface area contributed by atoms with Crippen LogP contribution in [0.25, 0.3) is 22.6 Å². The monoisotopic (exact) mass is 432 g/mol. The molecule has 2 atom stereocenters. The van der Waals surface area contributed by atoms with Crippen molar-refractivity contribution in [3.05, 3.63) is 60.4 Å². The topological polar surface area (TPSA) is 62.1 Å². The summed E-state index contributed by atoms with van der Waals surface area (Å²) < 4.78 is 53.2. The van der Waals surface area contributed by atoms with Crippen LogP contribution >= 0.6 is 0 Å². The normalized spacial score (nSPS) is 19.5. The van der Waals surface area contributed by atoms with Gasteiger partial charge in [0.2, 0.25) is 0 Å². The fraction of sp³-hybridized carbons (Fsp3) is 0.318. The highest BCUT2D eigenvalue weighted by Crippen LogP contribution is 2.33. The number of hydrogen-bond donors (Lipinski definition) is 1. The van der Waals surface area contributed by atoms with Gasteiger partial charge in [-0.15, -0.1) is 0 Å². The van der Waals surface area contributed by atoms with Crippen molar-refractivity contribution in [1.29, 1.82) is 0 Å². The van der Waals surface area contributed by atoms with Crippen LogP contribution in [0.2, 0.25) is 0 Å². The number of aliphatic hydroxyl groups is 1. The van der Waals surface area contributed by atoms with E-state index in [1.165, 1.54) is 12.1 Å². The molecule has 1 aliphatic heterocycles. The number of rotatable bonds is 4. The maximum Gasteiger partial charge on any atom is 0.416 e. The molecular weight excluding hydrogens is 412 g/mol. The van der Waals surface area contributed by atoms with Crippen LogP contribution in [0.5, 0.6) is 0 Å². The highest BCUT2D eigenvalue weighted by atomic mass is 19.4. The summed E-state index contributed by atoms with van der Waals surface area (Å²) >= 11 is 0. The number of nitrogens with zero attached hydrogens (tertiary/aromatic N) is 4. The Kier molecular flexibility index (Phi) is 5.86. The van der Waals surface area contributed by atoms with Gasteiger partial charge in [0.05, 0.1) is 17.8 Å². The summed E-state index contributed by atoms with van der Waals surface area (Å²) in [7, 11) is 0. The van der Waals surface area contributed by atoms with E-state index >= 15 is 0 Å². The molecule has 1 fully saturated rings. The lowest BCUT2D eigenvalue weighted by molar-refractivity contribution is -0.137. The van der Waals surface area contributed by atoms with Crippen molar-refractivity contribution in [3.63, 3.8) is 0 Å². The Labute approximate surface area is 176 Å². The van der Waals surface area contributed by atoms with Crippen LogP contribution in [0, 0.1) is 5.92 Å². The molecule has 3 heterocycles. The molecule has 5 nitrogen and oxygen atoms in total. The Bertz CT molecular complexity index is 1030. The SMILES string of the molecule is OC[C@@H]1CCN(c2cc(-c3ccc(C(F)(F)F)cc3)nc(-c3cccnc3)n2)C[C@H]1F. The number of halogens is 4. The van der Waals surface area contributed by atoms with Gasteiger partial charge >= 0.3 is 6.18 Å². The molecule has 1 saturated heterocycles. The van der Waals surface area contributed by atoms with Gasteiger partial charge in [-0.1, -0.05) is 12.1 Å². The zero-order valence-electron chi connectivity index (χ0n) is 16.4. The van der Waals surface area contributed by atoms with Crippen LogP contribution in [0.15, 0.2) is 54.9 Å². The fourth-order valence-electron chi connectivity index (χ4n) is 3.57. The Hall–Kier alpha value is -3.07. The largest absolute Gasteiger partial charge is 0.416 e. The van der Waals surface area contributed by atoms with E-state index in [9.17, 15) is 22.7 Å². The first-order valence-corrected chi connectivity index (χ1v) is 9.82. The van der Waals surface area contributed by atoms with E-state index in [0.717, 1.165) is 12.1 Å². The average Bonchev–Trinajstić information content (AvgIpc) is 2.79. The fourth-order valence-corrected chi connectivity index (χ4v) is 3.57. The second-order valence-corrected chi connectivity index (χ2v) is 7.45. The molecule has 0 aliphatic carbocycles. The molecular formula is C22H20F4N4O. The summed E-state index contributed by atoms with van der Waals surface area (Å²) in [5, 5.41) is 9.31. The Morgan fingerprint density at radius 3 is 2.45 bits per heavy atom. The summed E-state index contributed by atoms with van der Waals surface area (Å²) in [5.41, 5.74) is 0.810. The number of pyridine rings is 1. The molecule has 1 N–H and O–H groups in total. The van der Waals surface area contributed by atoms with Crippen molar-refractivity contribution < 1.29 is 22.7 Å². The van der Waals surface area contributed by atoms with E-state index in [0.29, 0.717) is 41.4 Å². The number of hydrogen-bond acceptors (Lipinski definition) is 5. The summed E-state index contributed by atoms with van der Waals surface area (Å²) in [6, 6.07) is 9.88. The minimum Gasteiger partial charge on any atom is -0.396 e. The third-order valence-corrected chi connectivity index (χ3v) is 5.37. The summed E-state index contributed by atoms with van der Waals surface area (Å²) in [6.07, 6.45) is -1.96. The molecule has 162 valence electrons. The van der Waals surface area contributed by atoms with Crippen molar-refractivity contribution in [3.8, 4) is 22.6 Å². The molecule has 2 aromatic heterocycles. The number of alkyl halides is 4. The third kappa shape index (κ3) is 4.66. The van der Waals surface area contributed by atoms with Crippen LogP contribution in [0.3, 0.4) is 0 Å². The molecule has 0 spiro atoms. The van der Waals surface area contributed by atoms with E-state index in [4.69, 9.17) is 0 Å². The lowest BCUT2D eigenvalue weighted by Gasteiger charge is -2.34. The zero-order valence-corrected chi connectivity index (χ0v) is 16.4. The van der Waals surface area contributed by atoms with Gasteiger partial charge in [-0.25, -0.2) is 14.4 Å². The molecule has 0 unspecified atom stereocenters. The molecule has 0 saturated carbocycles. The standard InChI is InChI=1S/C22H20F4N4O/c23-18-12-30(9-7-16(18)13-31)20-10-19(14-3-5-17(6-4-14)22(24,25)26)28-21(29-20)15-2-1-8-27-11-15/h1-6,8,10-11,16,18,31H,7,9,12-13H2/t16-,18+/m0/s1. The Morgan fingerprint density at radius 2 is 1.84 bits per heavy atom. The first-order chi connectivity index (χ1) is 14.8. The minimum atomic E-state index is -4.43. The van der Waals surface area contributed by atoms with Crippen molar-refractivity contribution in [2.45, 2.75) is 18.8 Å². The van der Waals surface area contributed by atoms with Crippen LogP contribution < -0.4 is 4.90 Å². The molecule has 9 heteroatoms. The van der Waals surface area contributed by atoms with Gasteiger partial charge < -0.3 is 10.0 Å². The minimum absolute atomic E-state index is 0.0706. The molecule has 31 heavy (non-hydrogen) atoms. The van der Waals surface area contributed by atoms with E-state index in [1.807, 2.05) is 0 Å². The van der Waals surface area contributed by atoms with Gasteiger partial charge in [-0.3, -0.25) is 4.98 Å². The highest BCUT2D eigenvalue weighted by molar-refractivity contribution is 5.68. The second kappa shape index (κ2) is 8.58. The van der Waals surface area contributed by atoms with Crippen LogP contribution in [0.1, 0.15) is 12.0 Å². The van der Waals surface area contributed by atoms with Gasteiger partial charge in [-0.05, 0) is 30.7 Å². The van der Waals surface area contributed by atoms with Crippen LogP contribution in [-0.2, 0) is 6.18 Å². The average molecular weight is 432 g/mol. The summed E-state index contributed by atoms with van der Waals surface area (Å²) in [5.74, 6) is 0.410. The van der Waals surface area contributed by atoms with Gasteiger partial charge in [-0.2, -0.15) is 13.2 Å². The number of aromatic nitrogens is 3. The van der Waals surface area contributed by atoms with Gasteiger partial charge in [0.1, 0.15) is 12.0 Å². The summed E-state index contributed by atoms with van der Waals surface area (Å²) in [6.45, 7) is 0.360. The third-order valence-electron chi connectivity index (χ3n) is 5.37. The number of aliphatic hydroxyl groups excluding tert-OH is 1. The van der Waals surface area contributed by atoms with Gasteiger partial charge in [0, 0.05) is 48.7 Å². The molecule has 3 aromatic rings. The Balaban J connectivity index is 1.74. The zero-order chi connectivity index (χ0) is 22.0. The van der Waals surface area contributed by atoms with E-state index in [1.54, 1.807) is 35.5 Å². The highest BCUT2D eigenvalue weighted by Gasteiger charge is 2.31. The number of benzene rings is 1. The number of piperidine rings is 1. The van der Waals surface area contributed by atoms with Gasteiger partial charge in [0.15, 0.2) is 5.82 Å². The predicted octanol–water partition coefficient (Wildman–Crippen LogP) is 4.38. The second-order valence-electron chi connectivity index (χ2n) is 7.45. The molecule has 4 rings (SSSR count). The maximum atomic E-state index is 14.4. The van der Waals surface area contributed by atoms with Crippen LogP contribution in [0.4, 0.5) is 23.4 Å². The first-order valence-electron chi connectivity index (χ1n) is 9.82. The molecule has 0 amide bonds. The van der Waals surface area contributed by atoms with E-state index in [2.05, 4.69) is 15.0 Å². The van der Waals surface area contributed by atoms with Crippen LogP contribution in [-0.4, -0.2) is 45.9 Å². The van der Waals surface area contributed by atoms with Gasteiger partial charge in [0.25, 0.3) is 0 Å². The number of anilines is 1. The lowest BCUT2D eigenvalue weighted by Crippen LogP contribution is -2.43. The molecule has 1 aromatic carbocycles. The predicted molar refractivity (Wildman–Crippen MR) is 108 cm³/mol. The first kappa shape index (κ1) is 21.2.